The third-order valence-electron chi connectivity index (χ3n) is 0.959. The lowest BCUT2D eigenvalue weighted by atomic mass is 10.3. The van der Waals surface area contributed by atoms with Crippen molar-refractivity contribution in [2.75, 3.05) is 0 Å². The Morgan fingerprint density at radius 1 is 1.62 bits per heavy atom. The first-order chi connectivity index (χ1) is 3.80. The van der Waals surface area contributed by atoms with Crippen molar-refractivity contribution in [3.05, 3.63) is 11.5 Å². The summed E-state index contributed by atoms with van der Waals surface area (Å²) in [6.45, 7) is 0. The summed E-state index contributed by atoms with van der Waals surface area (Å²) >= 11 is 0. The van der Waals surface area contributed by atoms with Gasteiger partial charge >= 0.3 is 0 Å². The summed E-state index contributed by atoms with van der Waals surface area (Å²) in [6.07, 6.45) is 2.98. The quantitative estimate of drug-likeness (QED) is 0.480. The van der Waals surface area contributed by atoms with Gasteiger partial charge in [0.05, 0.1) is 0 Å². The molecule has 0 saturated carbocycles. The largest absolute Gasteiger partial charge is 0.284 e. The first-order valence-electron chi connectivity index (χ1n) is 2.41. The van der Waals surface area contributed by atoms with Crippen LogP contribution < -0.4 is 0 Å². The maximum absolute atomic E-state index is 10.5. The fourth-order valence-corrected chi connectivity index (χ4v) is 1.31. The van der Waals surface area contributed by atoms with Crippen molar-refractivity contribution >= 4 is 15.9 Å². The van der Waals surface area contributed by atoms with E-state index in [9.17, 15) is 9.00 Å². The molecule has 0 aromatic rings. The van der Waals surface area contributed by atoms with E-state index in [4.69, 9.17) is 0 Å². The second kappa shape index (κ2) is 2.22. The molecule has 0 spiro atoms. The molecule has 0 radical (unpaired) electrons. The molecule has 3 heteroatoms. The van der Waals surface area contributed by atoms with Crippen LogP contribution in [0.5, 0.6) is 0 Å². The molecule has 1 aliphatic heterocycles. The van der Waals surface area contributed by atoms with E-state index in [2.05, 4.69) is 0 Å². The smallest absolute Gasteiger partial charge is 0.223 e. The minimum atomic E-state index is -1.30. The highest BCUT2D eigenvalue weighted by molar-refractivity contribution is 8.02. The van der Waals surface area contributed by atoms with Gasteiger partial charge in [-0.3, -0.25) is 4.79 Å². The van der Waals surface area contributed by atoms with Crippen LogP contribution in [-0.4, -0.2) is 9.32 Å². The van der Waals surface area contributed by atoms with Crippen molar-refractivity contribution in [1.82, 2.24) is 0 Å². The van der Waals surface area contributed by atoms with Crippen LogP contribution in [0.4, 0.5) is 0 Å². The summed E-state index contributed by atoms with van der Waals surface area (Å²) in [4.78, 5) is 10.4. The van der Waals surface area contributed by atoms with Gasteiger partial charge in [-0.1, -0.05) is 6.08 Å². The number of rotatable bonds is 0. The fraction of sp³-hybridized carbons (Fsp3) is 0.400. The molecule has 1 atom stereocenters. The molecule has 0 amide bonds. The van der Waals surface area contributed by atoms with Crippen molar-refractivity contribution in [1.29, 1.82) is 0 Å². The van der Waals surface area contributed by atoms with Gasteiger partial charge in [-0.15, -0.1) is 0 Å². The number of carbonyl (C=O) groups is 1. The summed E-state index contributed by atoms with van der Waals surface area (Å²) in [7, 11) is -1.30. The summed E-state index contributed by atoms with van der Waals surface area (Å²) in [6, 6.07) is 0. The Morgan fingerprint density at radius 2 is 2.38 bits per heavy atom. The van der Waals surface area contributed by atoms with E-state index in [1.54, 1.807) is 6.08 Å². The molecule has 2 nitrogen and oxygen atoms in total. The standard InChI is InChI=1S/C5H6O2S/c6-5-3-1-2-4-8(5)7/h2,4H,1,3H2. The summed E-state index contributed by atoms with van der Waals surface area (Å²) in [5.41, 5.74) is 0. The lowest BCUT2D eigenvalue weighted by Crippen LogP contribution is -2.06. The second-order valence-electron chi connectivity index (χ2n) is 1.58. The Balaban J connectivity index is 2.75. The van der Waals surface area contributed by atoms with Crippen LogP contribution in [-0.2, 0) is 15.6 Å². The molecule has 8 heavy (non-hydrogen) atoms. The predicted molar refractivity (Wildman–Crippen MR) is 31.5 cm³/mol. The van der Waals surface area contributed by atoms with E-state index in [-0.39, 0.29) is 5.12 Å². The molecule has 0 saturated heterocycles. The molecule has 0 N–H and O–H groups in total. The molecular weight excluding hydrogens is 124 g/mol. The zero-order valence-corrected chi connectivity index (χ0v) is 5.11. The maximum Gasteiger partial charge on any atom is 0.223 e. The van der Waals surface area contributed by atoms with Gasteiger partial charge < -0.3 is 0 Å². The number of hydrogen-bond donors (Lipinski definition) is 0. The van der Waals surface area contributed by atoms with Crippen LogP contribution in [0.25, 0.3) is 0 Å². The van der Waals surface area contributed by atoms with Crippen molar-refractivity contribution in [3.63, 3.8) is 0 Å². The monoisotopic (exact) mass is 130 g/mol. The molecule has 1 unspecified atom stereocenters. The first kappa shape index (κ1) is 5.69. The maximum atomic E-state index is 10.5. The van der Waals surface area contributed by atoms with Gasteiger partial charge in [0.25, 0.3) is 0 Å². The number of carbonyl (C=O) groups excluding carboxylic acids is 1. The first-order valence-corrected chi connectivity index (χ1v) is 3.62. The fourth-order valence-electron chi connectivity index (χ4n) is 0.533. The lowest BCUT2D eigenvalue weighted by molar-refractivity contribution is -0.111. The number of hydrogen-bond acceptors (Lipinski definition) is 2. The van der Waals surface area contributed by atoms with Crippen LogP contribution in [0.3, 0.4) is 0 Å². The molecular formula is C5H6O2S. The van der Waals surface area contributed by atoms with Crippen molar-refractivity contribution < 1.29 is 9.00 Å². The lowest BCUT2D eigenvalue weighted by Gasteiger charge is -1.97. The molecule has 1 aliphatic rings. The Labute approximate surface area is 50.0 Å². The van der Waals surface area contributed by atoms with Gasteiger partial charge in [0, 0.05) is 11.8 Å². The topological polar surface area (TPSA) is 34.1 Å². The van der Waals surface area contributed by atoms with Crippen molar-refractivity contribution in [3.8, 4) is 0 Å². The van der Waals surface area contributed by atoms with Gasteiger partial charge in [0.2, 0.25) is 5.12 Å². The van der Waals surface area contributed by atoms with E-state index < -0.39 is 10.8 Å². The van der Waals surface area contributed by atoms with E-state index >= 15 is 0 Å². The Hall–Kier alpha value is -0.440. The summed E-state index contributed by atoms with van der Waals surface area (Å²) in [5.74, 6) is 0. The van der Waals surface area contributed by atoms with Crippen molar-refractivity contribution in [2.45, 2.75) is 12.8 Å². The summed E-state index contributed by atoms with van der Waals surface area (Å²) in [5, 5.41) is 1.30. The molecule has 1 rings (SSSR count). The van der Waals surface area contributed by atoms with Gasteiger partial charge in [-0.25, -0.2) is 4.21 Å². The Morgan fingerprint density at radius 3 is 2.75 bits per heavy atom. The van der Waals surface area contributed by atoms with Gasteiger partial charge in [0.1, 0.15) is 10.8 Å². The van der Waals surface area contributed by atoms with Crippen LogP contribution in [0.2, 0.25) is 0 Å². The zero-order chi connectivity index (χ0) is 5.98. The third kappa shape index (κ3) is 1.04. The highest BCUT2D eigenvalue weighted by atomic mass is 32.2. The van der Waals surface area contributed by atoms with E-state index in [1.165, 1.54) is 5.41 Å². The zero-order valence-electron chi connectivity index (χ0n) is 4.29. The minimum Gasteiger partial charge on any atom is -0.284 e. The van der Waals surface area contributed by atoms with E-state index in [1.807, 2.05) is 0 Å². The van der Waals surface area contributed by atoms with Gasteiger partial charge in [-0.2, -0.15) is 0 Å². The molecule has 1 heterocycles. The third-order valence-corrected chi connectivity index (χ3v) is 2.05. The van der Waals surface area contributed by atoms with E-state index in [0.717, 1.165) is 6.42 Å². The van der Waals surface area contributed by atoms with Crippen LogP contribution in [0.1, 0.15) is 12.8 Å². The van der Waals surface area contributed by atoms with Crippen LogP contribution in [0.15, 0.2) is 11.5 Å². The molecule has 0 bridgehead atoms. The molecule has 0 aliphatic carbocycles. The average Bonchev–Trinajstić information content (AvgIpc) is 1.77. The van der Waals surface area contributed by atoms with Crippen molar-refractivity contribution in [2.24, 2.45) is 0 Å². The minimum absolute atomic E-state index is 0.146. The van der Waals surface area contributed by atoms with E-state index in [0.29, 0.717) is 6.42 Å². The normalized spacial score (nSPS) is 28.5. The highest BCUT2D eigenvalue weighted by Gasteiger charge is 2.10. The predicted octanol–water partition coefficient (Wildman–Crippen LogP) is 0.569. The van der Waals surface area contributed by atoms with Crippen LogP contribution in [0, 0.1) is 0 Å². The van der Waals surface area contributed by atoms with Gasteiger partial charge in [0.15, 0.2) is 0 Å². The Kier molecular flexibility index (Phi) is 1.58. The molecule has 44 valence electrons. The SMILES string of the molecule is O=C1CCC=CS1=O. The van der Waals surface area contributed by atoms with Gasteiger partial charge in [-0.05, 0) is 6.42 Å². The summed E-state index contributed by atoms with van der Waals surface area (Å²) < 4.78 is 10.5. The second-order valence-corrected chi connectivity index (χ2v) is 2.90. The molecule has 0 fully saturated rings. The molecule has 0 aromatic heterocycles. The average molecular weight is 130 g/mol. The molecule has 0 aromatic carbocycles. The number of allylic oxidation sites excluding steroid dienone is 1. The highest BCUT2D eigenvalue weighted by Crippen LogP contribution is 2.04. The van der Waals surface area contributed by atoms with Crippen LogP contribution >= 0.6 is 0 Å². The Bertz CT molecular complexity index is 160.